The van der Waals surface area contributed by atoms with Gasteiger partial charge in [-0.25, -0.2) is 13.4 Å². The molecule has 0 saturated carbocycles. The highest BCUT2D eigenvalue weighted by Crippen LogP contribution is 2.22. The Morgan fingerprint density at radius 3 is 2.79 bits per heavy atom. The van der Waals surface area contributed by atoms with Gasteiger partial charge in [0.2, 0.25) is 0 Å². The summed E-state index contributed by atoms with van der Waals surface area (Å²) in [5.41, 5.74) is 0.243. The quantitative estimate of drug-likeness (QED) is 0.737. The van der Waals surface area contributed by atoms with Crippen LogP contribution in [0.25, 0.3) is 0 Å². The third-order valence-corrected chi connectivity index (χ3v) is 5.29. The Balaban J connectivity index is 2.27. The van der Waals surface area contributed by atoms with E-state index >= 15 is 0 Å². The molecule has 1 unspecified atom stereocenters. The fourth-order valence-corrected chi connectivity index (χ4v) is 3.93. The van der Waals surface area contributed by atoms with Gasteiger partial charge in [-0.15, -0.1) is 0 Å². The van der Waals surface area contributed by atoms with E-state index < -0.39 is 9.84 Å². The summed E-state index contributed by atoms with van der Waals surface area (Å²) in [6.07, 6.45) is 1.31. The van der Waals surface area contributed by atoms with Gasteiger partial charge in [-0.3, -0.25) is 4.79 Å². The molecule has 1 aromatic heterocycles. The van der Waals surface area contributed by atoms with Gasteiger partial charge >= 0.3 is 0 Å². The molecule has 104 valence electrons. The Bertz CT molecular complexity index is 618. The van der Waals surface area contributed by atoms with Crippen LogP contribution in [0, 0.1) is 0 Å². The largest absolute Gasteiger partial charge is 0.334 e. The minimum atomic E-state index is -3.06. The zero-order valence-corrected chi connectivity index (χ0v) is 12.5. The third-order valence-electron chi connectivity index (χ3n) is 2.98. The monoisotopic (exact) mass is 322 g/mol. The van der Waals surface area contributed by atoms with Crippen LogP contribution in [-0.4, -0.2) is 48.3 Å². The van der Waals surface area contributed by atoms with Crippen LogP contribution in [0.5, 0.6) is 0 Å². The summed E-state index contributed by atoms with van der Waals surface area (Å²) in [4.78, 5) is 17.6. The zero-order chi connectivity index (χ0) is 14.2. The second-order valence-corrected chi connectivity index (χ2v) is 7.47. The summed E-state index contributed by atoms with van der Waals surface area (Å²) in [5, 5.41) is 0.375. The lowest BCUT2D eigenvalue weighted by Gasteiger charge is -2.33. The first-order valence-electron chi connectivity index (χ1n) is 5.62. The van der Waals surface area contributed by atoms with E-state index in [1.807, 2.05) is 0 Å². The number of rotatable bonds is 1. The van der Waals surface area contributed by atoms with Crippen LogP contribution < -0.4 is 0 Å². The van der Waals surface area contributed by atoms with Crippen molar-refractivity contribution in [3.05, 3.63) is 28.0 Å². The predicted molar refractivity (Wildman–Crippen MR) is 73.4 cm³/mol. The van der Waals surface area contributed by atoms with Crippen molar-refractivity contribution in [3.63, 3.8) is 0 Å². The van der Waals surface area contributed by atoms with Crippen LogP contribution in [0.15, 0.2) is 12.3 Å². The molecule has 1 saturated heterocycles. The van der Waals surface area contributed by atoms with Gasteiger partial charge in [0, 0.05) is 18.8 Å². The molecule has 0 aliphatic carbocycles. The van der Waals surface area contributed by atoms with E-state index in [0.717, 1.165) is 0 Å². The lowest BCUT2D eigenvalue weighted by molar-refractivity contribution is 0.0712. The van der Waals surface area contributed by atoms with Crippen molar-refractivity contribution >= 4 is 38.9 Å². The smallest absolute Gasteiger partial charge is 0.255 e. The zero-order valence-electron chi connectivity index (χ0n) is 10.1. The molecule has 0 spiro atoms. The summed E-state index contributed by atoms with van der Waals surface area (Å²) < 4.78 is 23.0. The number of amides is 1. The summed E-state index contributed by atoms with van der Waals surface area (Å²) in [6.45, 7) is 1.86. The molecule has 2 heterocycles. The molecule has 1 amide bonds. The van der Waals surface area contributed by atoms with Crippen molar-refractivity contribution in [1.82, 2.24) is 9.88 Å². The van der Waals surface area contributed by atoms with Crippen LogP contribution in [0.3, 0.4) is 0 Å². The highest BCUT2D eigenvalue weighted by atomic mass is 35.5. The van der Waals surface area contributed by atoms with E-state index in [-0.39, 0.29) is 45.7 Å². The number of carbonyl (C=O) groups excluding carboxylic acids is 1. The van der Waals surface area contributed by atoms with Crippen molar-refractivity contribution in [2.45, 2.75) is 13.0 Å². The van der Waals surface area contributed by atoms with Crippen LogP contribution in [0.4, 0.5) is 0 Å². The van der Waals surface area contributed by atoms with Crippen molar-refractivity contribution in [2.24, 2.45) is 0 Å². The van der Waals surface area contributed by atoms with E-state index in [1.54, 1.807) is 6.92 Å². The van der Waals surface area contributed by atoms with Crippen molar-refractivity contribution in [1.29, 1.82) is 0 Å². The number of hydrogen-bond acceptors (Lipinski definition) is 4. The lowest BCUT2D eigenvalue weighted by Crippen LogP contribution is -2.49. The van der Waals surface area contributed by atoms with E-state index in [9.17, 15) is 13.2 Å². The van der Waals surface area contributed by atoms with Gasteiger partial charge in [0.05, 0.1) is 22.1 Å². The van der Waals surface area contributed by atoms with E-state index in [4.69, 9.17) is 23.2 Å². The van der Waals surface area contributed by atoms with Crippen molar-refractivity contribution in [2.75, 3.05) is 18.1 Å². The van der Waals surface area contributed by atoms with Crippen LogP contribution in [0.2, 0.25) is 10.2 Å². The maximum atomic E-state index is 12.4. The van der Waals surface area contributed by atoms with Gasteiger partial charge < -0.3 is 4.90 Å². The Labute approximate surface area is 121 Å². The highest BCUT2D eigenvalue weighted by molar-refractivity contribution is 7.91. The van der Waals surface area contributed by atoms with Gasteiger partial charge in [-0.1, -0.05) is 23.2 Å². The molecule has 5 nitrogen and oxygen atoms in total. The Morgan fingerprint density at radius 2 is 2.16 bits per heavy atom. The molecule has 0 aromatic carbocycles. The number of halogens is 2. The van der Waals surface area contributed by atoms with Crippen molar-refractivity contribution < 1.29 is 13.2 Å². The third kappa shape index (κ3) is 3.19. The molecule has 8 heteroatoms. The molecule has 19 heavy (non-hydrogen) atoms. The summed E-state index contributed by atoms with van der Waals surface area (Å²) in [6, 6.07) is 1.01. The SMILES string of the molecule is CC1CS(=O)(=O)CCN1C(=O)c1cc(Cl)ncc1Cl. The molecule has 1 atom stereocenters. The number of sulfone groups is 1. The molecular formula is C11H12Cl2N2O3S. The topological polar surface area (TPSA) is 67.3 Å². The Kier molecular flexibility index (Phi) is 4.03. The van der Waals surface area contributed by atoms with Gasteiger partial charge in [-0.2, -0.15) is 0 Å². The number of pyridine rings is 1. The molecule has 0 N–H and O–H groups in total. The van der Waals surface area contributed by atoms with Crippen LogP contribution in [0.1, 0.15) is 17.3 Å². The first kappa shape index (κ1) is 14.6. The minimum absolute atomic E-state index is 0.0283. The van der Waals surface area contributed by atoms with Gasteiger partial charge in [-0.05, 0) is 13.0 Å². The van der Waals surface area contributed by atoms with E-state index in [1.165, 1.54) is 17.2 Å². The standard InChI is InChI=1S/C11H12Cl2N2O3S/c1-7-6-19(17,18)3-2-15(7)11(16)8-4-10(13)14-5-9(8)12/h4-5,7H,2-3,6H2,1H3. The van der Waals surface area contributed by atoms with Crippen LogP contribution >= 0.6 is 23.2 Å². The minimum Gasteiger partial charge on any atom is -0.334 e. The highest BCUT2D eigenvalue weighted by Gasteiger charge is 2.32. The second-order valence-electron chi connectivity index (χ2n) is 4.45. The lowest BCUT2D eigenvalue weighted by atomic mass is 10.2. The normalized spacial score (nSPS) is 22.3. The summed E-state index contributed by atoms with van der Waals surface area (Å²) >= 11 is 11.7. The van der Waals surface area contributed by atoms with Crippen LogP contribution in [-0.2, 0) is 9.84 Å². The Hall–Kier alpha value is -0.850. The average Bonchev–Trinajstić information content (AvgIpc) is 2.30. The Morgan fingerprint density at radius 1 is 1.47 bits per heavy atom. The maximum absolute atomic E-state index is 12.4. The van der Waals surface area contributed by atoms with Gasteiger partial charge in [0.25, 0.3) is 5.91 Å². The molecule has 1 aliphatic rings. The summed E-state index contributed by atoms with van der Waals surface area (Å²) in [5.74, 6) is -0.383. The van der Waals surface area contributed by atoms with Gasteiger partial charge in [0.15, 0.2) is 9.84 Å². The second kappa shape index (κ2) is 5.26. The maximum Gasteiger partial charge on any atom is 0.255 e. The molecule has 1 fully saturated rings. The molecule has 1 aromatic rings. The van der Waals surface area contributed by atoms with E-state index in [2.05, 4.69) is 4.98 Å². The van der Waals surface area contributed by atoms with Crippen molar-refractivity contribution in [3.8, 4) is 0 Å². The molecule has 0 bridgehead atoms. The number of aromatic nitrogens is 1. The molecule has 1 aliphatic heterocycles. The summed E-state index contributed by atoms with van der Waals surface area (Å²) in [7, 11) is -3.06. The number of carbonyl (C=O) groups is 1. The first-order chi connectivity index (χ1) is 8.80. The molecular weight excluding hydrogens is 311 g/mol. The average molecular weight is 323 g/mol. The number of hydrogen-bond donors (Lipinski definition) is 0. The molecule has 2 rings (SSSR count). The molecule has 0 radical (unpaired) electrons. The fourth-order valence-electron chi connectivity index (χ4n) is 2.03. The fraction of sp³-hybridized carbons (Fsp3) is 0.455. The van der Waals surface area contributed by atoms with E-state index in [0.29, 0.717) is 0 Å². The predicted octanol–water partition coefficient (Wildman–Crippen LogP) is 1.65. The van der Waals surface area contributed by atoms with Gasteiger partial charge in [0.1, 0.15) is 5.15 Å². The number of nitrogens with zero attached hydrogens (tertiary/aromatic N) is 2. The first-order valence-corrected chi connectivity index (χ1v) is 8.20.